The Morgan fingerprint density at radius 2 is 1.51 bits per heavy atom. The normalized spacial score (nSPS) is 12.9. The quantitative estimate of drug-likeness (QED) is 0.0801. The molecule has 5 N–H and O–H groups in total. The van der Waals surface area contributed by atoms with Crippen molar-refractivity contribution in [3.05, 3.63) is 72.8 Å². The van der Waals surface area contributed by atoms with Gasteiger partial charge in [-0.3, -0.25) is 19.1 Å². The molecule has 49 heavy (non-hydrogen) atoms. The van der Waals surface area contributed by atoms with Gasteiger partial charge in [0, 0.05) is 17.8 Å². The molecule has 1 aliphatic rings. The Bertz CT molecular complexity index is 1420. The summed E-state index contributed by atoms with van der Waals surface area (Å²) in [6, 6.07) is 23.3. The molecule has 4 rings (SSSR count). The fraction of sp³-hybridized carbons (Fsp3) is 0.432. The number of aromatic hydroxyl groups is 1. The Morgan fingerprint density at radius 1 is 0.918 bits per heavy atom. The highest BCUT2D eigenvalue weighted by Gasteiger charge is 2.36. The number of aliphatic carboxylic acids is 1. The van der Waals surface area contributed by atoms with Crippen molar-refractivity contribution in [2.24, 2.45) is 0 Å². The Hall–Kier alpha value is -3.87. The molecule has 0 aliphatic carbocycles. The molecule has 0 aromatic heterocycles. The van der Waals surface area contributed by atoms with E-state index in [-0.39, 0.29) is 18.7 Å². The van der Waals surface area contributed by atoms with Crippen LogP contribution in [0.2, 0.25) is 0 Å². The van der Waals surface area contributed by atoms with Crippen LogP contribution >= 0.6 is 23.7 Å². The number of hydrogen-bond acceptors (Lipinski definition) is 9. The van der Waals surface area contributed by atoms with Gasteiger partial charge in [-0.1, -0.05) is 89.8 Å². The number of carboxylic acid groups (broad SMARTS) is 1. The number of unbranched alkanes of at least 4 members (excludes halogenated alkanes) is 2. The molecule has 0 fully saturated rings. The molecule has 0 spiro atoms. The summed E-state index contributed by atoms with van der Waals surface area (Å²) in [5, 5.41) is 22.0. The number of carboxylic acids is 1. The summed E-state index contributed by atoms with van der Waals surface area (Å²) < 4.78 is 9.78. The van der Waals surface area contributed by atoms with Gasteiger partial charge in [0.05, 0.1) is 22.0 Å². The van der Waals surface area contributed by atoms with Gasteiger partial charge in [-0.25, -0.2) is 0 Å². The first-order valence-corrected chi connectivity index (χ1v) is 18.8. The minimum absolute atomic E-state index is 0.0623. The average molecular weight is 713 g/mol. The third kappa shape index (κ3) is 14.3. The minimum Gasteiger partial charge on any atom is -0.508 e. The number of ether oxygens (including phenoxy) is 1. The molecule has 3 aromatic carbocycles. The lowest BCUT2D eigenvalue weighted by molar-refractivity contribution is -0.137. The van der Waals surface area contributed by atoms with E-state index in [1.54, 1.807) is 48.0 Å². The summed E-state index contributed by atoms with van der Waals surface area (Å²) in [5.41, 5.74) is 2.16. The predicted octanol–water partition coefficient (Wildman–Crippen LogP) is 7.39. The maximum atomic E-state index is 12.4. The van der Waals surface area contributed by atoms with Crippen molar-refractivity contribution in [3.63, 3.8) is 0 Å². The number of benzene rings is 3. The number of carbonyl (C=O) groups is 3. The van der Waals surface area contributed by atoms with E-state index in [1.807, 2.05) is 38.3 Å². The molecule has 2 amide bonds. The zero-order chi connectivity index (χ0) is 36.1. The van der Waals surface area contributed by atoms with Crippen LogP contribution in [0.4, 0.5) is 11.4 Å². The molecule has 268 valence electrons. The summed E-state index contributed by atoms with van der Waals surface area (Å²) in [6.07, 6.45) is 8.68. The molecule has 0 saturated heterocycles. The average Bonchev–Trinajstić information content (AvgIpc) is 3.28. The topological polar surface area (TPSA) is 140 Å². The van der Waals surface area contributed by atoms with Gasteiger partial charge in [0.15, 0.2) is 6.61 Å². The first-order valence-electron chi connectivity index (χ1n) is 16.8. The maximum Gasteiger partial charge on any atom is 0.322 e. The maximum absolute atomic E-state index is 12.4. The van der Waals surface area contributed by atoms with Crippen molar-refractivity contribution in [3.8, 4) is 11.5 Å². The van der Waals surface area contributed by atoms with Crippen LogP contribution < -0.4 is 25.0 Å². The summed E-state index contributed by atoms with van der Waals surface area (Å²) in [6.45, 7) is 8.22. The van der Waals surface area contributed by atoms with Crippen LogP contribution in [0.25, 0.3) is 0 Å². The van der Waals surface area contributed by atoms with Gasteiger partial charge >= 0.3 is 5.97 Å². The van der Waals surface area contributed by atoms with E-state index in [2.05, 4.69) is 64.4 Å². The van der Waals surface area contributed by atoms with Crippen molar-refractivity contribution in [2.75, 3.05) is 37.4 Å². The van der Waals surface area contributed by atoms with Crippen LogP contribution in [-0.4, -0.2) is 66.0 Å². The predicted molar refractivity (Wildman–Crippen MR) is 201 cm³/mol. The summed E-state index contributed by atoms with van der Waals surface area (Å²) in [7, 11) is 0. The molecule has 3 aromatic rings. The number of amides is 2. The van der Waals surface area contributed by atoms with E-state index >= 15 is 0 Å². The van der Waals surface area contributed by atoms with Crippen molar-refractivity contribution >= 4 is 52.9 Å². The van der Waals surface area contributed by atoms with Gasteiger partial charge in [0.2, 0.25) is 5.91 Å². The second-order valence-corrected chi connectivity index (χ2v) is 12.9. The Kier molecular flexibility index (Phi) is 19.1. The Morgan fingerprint density at radius 3 is 2.04 bits per heavy atom. The SMILES string of the molecule is CC.CCCCC1(CCCC)CN(c2ccccc2)c2cc(SC)c(OCC(=O)NCC(=O)NCC(=O)O)cc2SN1.Oc1ccccc1. The number of fused-ring (bicyclic) bond motifs is 1. The van der Waals surface area contributed by atoms with Gasteiger partial charge in [-0.15, -0.1) is 11.8 Å². The Balaban J connectivity index is 0.000000809. The molecule has 12 heteroatoms. The van der Waals surface area contributed by atoms with Crippen LogP contribution in [0.1, 0.15) is 66.2 Å². The van der Waals surface area contributed by atoms with Crippen LogP contribution in [0.3, 0.4) is 0 Å². The number of para-hydroxylation sites is 2. The lowest BCUT2D eigenvalue weighted by Gasteiger charge is -2.38. The number of rotatable bonds is 15. The summed E-state index contributed by atoms with van der Waals surface area (Å²) in [5.74, 6) is -1.29. The molecule has 0 saturated carbocycles. The number of phenols is 1. The van der Waals surface area contributed by atoms with Crippen molar-refractivity contribution in [1.82, 2.24) is 15.4 Å². The van der Waals surface area contributed by atoms with E-state index < -0.39 is 24.3 Å². The molecular weight excluding hydrogens is 661 g/mol. The lowest BCUT2D eigenvalue weighted by atomic mass is 9.87. The smallest absolute Gasteiger partial charge is 0.322 e. The molecule has 0 unspecified atom stereocenters. The van der Waals surface area contributed by atoms with Gasteiger partial charge in [-0.05, 0) is 67.4 Å². The van der Waals surface area contributed by atoms with Gasteiger partial charge in [-0.2, -0.15) is 0 Å². The van der Waals surface area contributed by atoms with Crippen LogP contribution in [0.5, 0.6) is 11.5 Å². The number of thioether (sulfide) groups is 1. The highest BCUT2D eigenvalue weighted by molar-refractivity contribution is 7.98. The third-order valence-corrected chi connectivity index (χ3v) is 9.30. The Labute approximate surface area is 299 Å². The number of phenolic OH excluding ortho intramolecular Hbond substituents is 1. The van der Waals surface area contributed by atoms with Crippen LogP contribution in [-0.2, 0) is 14.4 Å². The molecule has 0 atom stereocenters. The fourth-order valence-corrected chi connectivity index (χ4v) is 6.55. The second-order valence-electron chi connectivity index (χ2n) is 11.2. The highest BCUT2D eigenvalue weighted by Crippen LogP contribution is 2.45. The van der Waals surface area contributed by atoms with E-state index in [9.17, 15) is 14.4 Å². The van der Waals surface area contributed by atoms with Gasteiger partial charge in [0.1, 0.15) is 18.0 Å². The first-order chi connectivity index (χ1) is 23.7. The zero-order valence-electron chi connectivity index (χ0n) is 29.3. The minimum atomic E-state index is -1.15. The van der Waals surface area contributed by atoms with E-state index in [1.165, 1.54) is 0 Å². The van der Waals surface area contributed by atoms with E-state index in [4.69, 9.17) is 14.9 Å². The molecule has 1 heterocycles. The highest BCUT2D eigenvalue weighted by atomic mass is 32.2. The van der Waals surface area contributed by atoms with Gasteiger partial charge < -0.3 is 30.5 Å². The second kappa shape index (κ2) is 22.7. The number of nitrogens with one attached hydrogen (secondary N) is 3. The van der Waals surface area contributed by atoms with Crippen molar-refractivity contribution in [1.29, 1.82) is 0 Å². The van der Waals surface area contributed by atoms with Crippen molar-refractivity contribution < 1.29 is 29.3 Å². The summed E-state index contributed by atoms with van der Waals surface area (Å²) >= 11 is 3.17. The largest absolute Gasteiger partial charge is 0.508 e. The molecule has 10 nitrogen and oxygen atoms in total. The van der Waals surface area contributed by atoms with Gasteiger partial charge in [0.25, 0.3) is 5.91 Å². The number of nitrogens with zero attached hydrogens (tertiary/aromatic N) is 1. The number of anilines is 2. The fourth-order valence-electron chi connectivity index (χ4n) is 4.97. The molecule has 0 radical (unpaired) electrons. The van der Waals surface area contributed by atoms with E-state index in [0.29, 0.717) is 11.5 Å². The first kappa shape index (κ1) is 41.3. The van der Waals surface area contributed by atoms with Crippen molar-refractivity contribution in [2.45, 2.75) is 81.5 Å². The third-order valence-electron chi connectivity index (χ3n) is 7.46. The standard InChI is InChI=1S/C29H40N4O5S2.C6H6O.C2H6/c1-4-6-13-29(14-7-5-2)20-33(21-11-9-8-10-12-21)22-15-25(39-3)23(16-24(22)40-32-29)38-19-27(35)30-17-26(34)31-18-28(36)37;7-6-4-2-1-3-5-6;1-2/h8-12,15-16,32H,4-7,13-14,17-20H2,1-3H3,(H,30,35)(H,31,34)(H,36,37);1-5,7H;1-2H3. The molecular formula is C37H52N4O6S2. The van der Waals surface area contributed by atoms with Crippen LogP contribution in [0.15, 0.2) is 82.6 Å². The number of carbonyl (C=O) groups excluding carboxylic acids is 2. The number of hydrogen-bond donors (Lipinski definition) is 5. The van der Waals surface area contributed by atoms with Crippen LogP contribution in [0, 0.1) is 0 Å². The van der Waals surface area contributed by atoms with E-state index in [0.717, 1.165) is 66.2 Å². The molecule has 0 bridgehead atoms. The zero-order valence-corrected chi connectivity index (χ0v) is 30.9. The molecule has 1 aliphatic heterocycles. The monoisotopic (exact) mass is 712 g/mol. The lowest BCUT2D eigenvalue weighted by Crippen LogP contribution is -2.49. The summed E-state index contributed by atoms with van der Waals surface area (Å²) in [4.78, 5) is 39.0.